The van der Waals surface area contributed by atoms with Gasteiger partial charge in [-0.3, -0.25) is 0 Å². The Labute approximate surface area is 102 Å². The molecule has 2 N–H and O–H groups in total. The summed E-state index contributed by atoms with van der Waals surface area (Å²) < 4.78 is 25.2. The van der Waals surface area contributed by atoms with Crippen LogP contribution < -0.4 is 5.73 Å². The van der Waals surface area contributed by atoms with Crippen molar-refractivity contribution in [2.45, 2.75) is 18.2 Å². The van der Waals surface area contributed by atoms with E-state index in [1.165, 1.54) is 13.1 Å². The van der Waals surface area contributed by atoms with Gasteiger partial charge >= 0.3 is 0 Å². The van der Waals surface area contributed by atoms with E-state index >= 15 is 0 Å². The molecule has 0 bridgehead atoms. The van der Waals surface area contributed by atoms with E-state index in [2.05, 4.69) is 5.92 Å². The molecule has 0 aliphatic rings. The fourth-order valence-corrected chi connectivity index (χ4v) is 2.57. The highest BCUT2D eigenvalue weighted by molar-refractivity contribution is 7.89. The summed E-state index contributed by atoms with van der Waals surface area (Å²) in [5.74, 6) is 2.30. The number of benzene rings is 1. The first-order valence-corrected chi connectivity index (χ1v) is 6.65. The van der Waals surface area contributed by atoms with Gasteiger partial charge in [-0.2, -0.15) is 4.31 Å². The molecule has 0 saturated heterocycles. The molecule has 0 aliphatic heterocycles. The van der Waals surface area contributed by atoms with Gasteiger partial charge in [0, 0.05) is 12.7 Å². The molecule has 0 heterocycles. The fraction of sp³-hybridized carbons (Fsp3) is 0.333. The monoisotopic (exact) mass is 252 g/mol. The lowest BCUT2D eigenvalue weighted by molar-refractivity contribution is 0.503. The molecule has 1 rings (SSSR count). The van der Waals surface area contributed by atoms with Crippen LogP contribution in [0.15, 0.2) is 23.1 Å². The molecule has 1 aromatic rings. The van der Waals surface area contributed by atoms with Crippen LogP contribution in [0.1, 0.15) is 12.5 Å². The molecule has 0 unspecified atom stereocenters. The number of rotatable bonds is 4. The molecule has 0 saturated carbocycles. The van der Waals surface area contributed by atoms with Gasteiger partial charge < -0.3 is 5.73 Å². The van der Waals surface area contributed by atoms with E-state index in [9.17, 15) is 8.42 Å². The summed E-state index contributed by atoms with van der Waals surface area (Å²) in [6, 6.07) is 4.75. The predicted molar refractivity (Wildman–Crippen MR) is 68.9 cm³/mol. The summed E-state index contributed by atoms with van der Waals surface area (Å²) in [5, 5.41) is 0. The second-order valence-electron chi connectivity index (χ2n) is 3.68. The van der Waals surface area contributed by atoms with Gasteiger partial charge in [-0.05, 0) is 24.1 Å². The highest BCUT2D eigenvalue weighted by atomic mass is 32.2. The van der Waals surface area contributed by atoms with E-state index in [4.69, 9.17) is 12.2 Å². The van der Waals surface area contributed by atoms with E-state index in [1.807, 2.05) is 6.92 Å². The van der Waals surface area contributed by atoms with Crippen LogP contribution in [0.25, 0.3) is 0 Å². The van der Waals surface area contributed by atoms with E-state index in [1.54, 1.807) is 12.1 Å². The van der Waals surface area contributed by atoms with Gasteiger partial charge in [-0.15, -0.1) is 6.42 Å². The standard InChI is InChI=1S/C12H16N2O2S/c1-4-8-14(3)17(15,16)11-7-6-10(5-2)12(13)9-11/h1,6-7,9H,5,8,13H2,2-3H3. The van der Waals surface area contributed by atoms with Crippen molar-refractivity contribution in [1.29, 1.82) is 0 Å². The zero-order valence-electron chi connectivity index (χ0n) is 9.97. The number of nitrogens with zero attached hydrogens (tertiary/aromatic N) is 1. The first kappa shape index (κ1) is 13.6. The van der Waals surface area contributed by atoms with Gasteiger partial charge in [0.15, 0.2) is 0 Å². The lowest BCUT2D eigenvalue weighted by Crippen LogP contribution is -2.27. The Hall–Kier alpha value is -1.51. The van der Waals surface area contributed by atoms with Gasteiger partial charge in [-0.25, -0.2) is 8.42 Å². The summed E-state index contributed by atoms with van der Waals surface area (Å²) in [7, 11) is -2.09. The Bertz CT molecular complexity index is 544. The average molecular weight is 252 g/mol. The van der Waals surface area contributed by atoms with Crippen LogP contribution >= 0.6 is 0 Å². The topological polar surface area (TPSA) is 63.4 Å². The lowest BCUT2D eigenvalue weighted by Gasteiger charge is -2.15. The SMILES string of the molecule is C#CCN(C)S(=O)(=O)c1ccc(CC)c(N)c1. The Morgan fingerprint density at radius 1 is 1.47 bits per heavy atom. The molecule has 5 heteroatoms. The van der Waals surface area contributed by atoms with Crippen molar-refractivity contribution in [3.05, 3.63) is 23.8 Å². The molecule has 0 aromatic heterocycles. The Kier molecular flexibility index (Phi) is 4.16. The largest absolute Gasteiger partial charge is 0.398 e. The zero-order chi connectivity index (χ0) is 13.1. The van der Waals surface area contributed by atoms with Crippen molar-refractivity contribution in [3.63, 3.8) is 0 Å². The van der Waals surface area contributed by atoms with E-state index < -0.39 is 10.0 Å². The third kappa shape index (κ3) is 2.78. The molecule has 0 aliphatic carbocycles. The number of aryl methyl sites for hydroxylation is 1. The number of nitrogens with two attached hydrogens (primary N) is 1. The van der Waals surface area contributed by atoms with Crippen molar-refractivity contribution in [2.24, 2.45) is 0 Å². The number of hydrogen-bond acceptors (Lipinski definition) is 3. The smallest absolute Gasteiger partial charge is 0.243 e. The van der Waals surface area contributed by atoms with Crippen LogP contribution in [0.4, 0.5) is 5.69 Å². The quantitative estimate of drug-likeness (QED) is 0.644. The van der Waals surface area contributed by atoms with Crippen molar-refractivity contribution < 1.29 is 8.42 Å². The molecule has 1 aromatic carbocycles. The summed E-state index contributed by atoms with van der Waals surface area (Å²) >= 11 is 0. The first-order chi connectivity index (χ1) is 7.93. The zero-order valence-corrected chi connectivity index (χ0v) is 10.8. The number of anilines is 1. The summed E-state index contributed by atoms with van der Waals surface area (Å²) in [6.45, 7) is 2.00. The van der Waals surface area contributed by atoms with Crippen molar-refractivity contribution in [3.8, 4) is 12.3 Å². The first-order valence-electron chi connectivity index (χ1n) is 5.21. The minimum atomic E-state index is -3.54. The Morgan fingerprint density at radius 3 is 2.59 bits per heavy atom. The molecule has 4 nitrogen and oxygen atoms in total. The van der Waals surface area contributed by atoms with E-state index in [0.717, 1.165) is 16.3 Å². The third-order valence-corrected chi connectivity index (χ3v) is 4.32. The van der Waals surface area contributed by atoms with Gasteiger partial charge in [0.25, 0.3) is 0 Å². The predicted octanol–water partition coefficient (Wildman–Crippen LogP) is 1.08. The van der Waals surface area contributed by atoms with Crippen LogP contribution in [-0.2, 0) is 16.4 Å². The van der Waals surface area contributed by atoms with Gasteiger partial charge in [0.05, 0.1) is 11.4 Å². The van der Waals surface area contributed by atoms with Crippen LogP contribution in [0, 0.1) is 12.3 Å². The molecular weight excluding hydrogens is 236 g/mol. The van der Waals surface area contributed by atoms with E-state index in [0.29, 0.717) is 5.69 Å². The van der Waals surface area contributed by atoms with Crippen molar-refractivity contribution in [1.82, 2.24) is 4.31 Å². The van der Waals surface area contributed by atoms with Gasteiger partial charge in [-0.1, -0.05) is 18.9 Å². The normalized spacial score (nSPS) is 11.4. The maximum Gasteiger partial charge on any atom is 0.243 e. The number of terminal acetylenes is 1. The molecule has 0 spiro atoms. The van der Waals surface area contributed by atoms with Crippen LogP contribution in [0.3, 0.4) is 0 Å². The number of hydrogen-bond donors (Lipinski definition) is 1. The third-order valence-electron chi connectivity index (χ3n) is 2.52. The Morgan fingerprint density at radius 2 is 2.12 bits per heavy atom. The second kappa shape index (κ2) is 5.21. The summed E-state index contributed by atoms with van der Waals surface area (Å²) in [5.41, 5.74) is 7.20. The highest BCUT2D eigenvalue weighted by Gasteiger charge is 2.20. The lowest BCUT2D eigenvalue weighted by atomic mass is 10.1. The minimum absolute atomic E-state index is 0.0395. The average Bonchev–Trinajstić information content (AvgIpc) is 2.29. The maximum absolute atomic E-state index is 12.0. The van der Waals surface area contributed by atoms with Gasteiger partial charge in [0.2, 0.25) is 10.0 Å². The van der Waals surface area contributed by atoms with Crippen LogP contribution in [0.2, 0.25) is 0 Å². The minimum Gasteiger partial charge on any atom is -0.398 e. The Balaban J connectivity index is 3.17. The molecule has 0 atom stereocenters. The molecule has 92 valence electrons. The van der Waals surface area contributed by atoms with Crippen LogP contribution in [0.5, 0.6) is 0 Å². The molecule has 0 fully saturated rings. The van der Waals surface area contributed by atoms with Crippen LogP contribution in [-0.4, -0.2) is 26.3 Å². The highest BCUT2D eigenvalue weighted by Crippen LogP contribution is 2.20. The number of sulfonamides is 1. The summed E-state index contributed by atoms with van der Waals surface area (Å²) in [4.78, 5) is 0.171. The van der Waals surface area contributed by atoms with Gasteiger partial charge in [0.1, 0.15) is 0 Å². The maximum atomic E-state index is 12.0. The number of nitrogen functional groups attached to an aromatic ring is 1. The second-order valence-corrected chi connectivity index (χ2v) is 5.72. The summed E-state index contributed by atoms with van der Waals surface area (Å²) in [6.07, 6.45) is 5.87. The molecule has 17 heavy (non-hydrogen) atoms. The van der Waals surface area contributed by atoms with E-state index in [-0.39, 0.29) is 11.4 Å². The molecular formula is C12H16N2O2S. The molecule has 0 amide bonds. The fourth-order valence-electron chi connectivity index (χ4n) is 1.45. The molecule has 0 radical (unpaired) electrons. The van der Waals surface area contributed by atoms with Crippen molar-refractivity contribution in [2.75, 3.05) is 19.3 Å². The van der Waals surface area contributed by atoms with Crippen molar-refractivity contribution >= 4 is 15.7 Å².